The van der Waals surface area contributed by atoms with E-state index in [0.717, 1.165) is 79.9 Å². The van der Waals surface area contributed by atoms with Gasteiger partial charge in [0.2, 0.25) is 21.8 Å². The topological polar surface area (TPSA) is 182 Å². The number of pyridine rings is 1. The number of alkyl carbamates (subject to hydrolysis) is 1. The normalized spacial score (nSPS) is 31.3. The van der Waals surface area contributed by atoms with Gasteiger partial charge in [0.15, 0.2) is 0 Å². The van der Waals surface area contributed by atoms with Crippen LogP contribution in [0.1, 0.15) is 133 Å². The fraction of sp³-hybridized carbons (Fsp3) is 0.659. The predicted octanol–water partition coefficient (Wildman–Crippen LogP) is 5.61. The van der Waals surface area contributed by atoms with Crippen LogP contribution in [0, 0.1) is 5.92 Å². The third-order valence-electron chi connectivity index (χ3n) is 14.4. The van der Waals surface area contributed by atoms with Crippen molar-refractivity contribution in [1.29, 1.82) is 0 Å². The van der Waals surface area contributed by atoms with Crippen LogP contribution in [0.5, 0.6) is 11.5 Å². The number of amides is 4. The van der Waals surface area contributed by atoms with Gasteiger partial charge in [0.25, 0.3) is 5.91 Å². The van der Waals surface area contributed by atoms with Gasteiger partial charge in [0, 0.05) is 29.2 Å². The maximum atomic E-state index is 15.0. The van der Waals surface area contributed by atoms with Crippen LogP contribution in [-0.4, -0.2) is 89.8 Å². The number of fused-ring (bicyclic) bond motifs is 5. The summed E-state index contributed by atoms with van der Waals surface area (Å²) in [5, 5.41) is 6.83. The van der Waals surface area contributed by atoms with Crippen molar-refractivity contribution in [3.05, 3.63) is 41.6 Å². The lowest BCUT2D eigenvalue weighted by atomic mass is 9.79. The van der Waals surface area contributed by atoms with Crippen molar-refractivity contribution in [2.75, 3.05) is 13.7 Å². The van der Waals surface area contributed by atoms with Crippen LogP contribution in [0.4, 0.5) is 4.79 Å². The number of allylic oxidation sites excluding steroid dienone is 1. The maximum Gasteiger partial charge on any atom is 0.408 e. The highest BCUT2D eigenvalue weighted by Crippen LogP contribution is 2.51. The standard InChI is InChI=1S/C44H57N5O9S/c1-42(21-22-42)59(54,55)48-40(52)44-24-28(44)13-6-4-3-5-7-16-34(46-41(53)57-29-14-8-9-15-29)39(51)49-26-43(25-35(49)38(50)47-44)20-19-31-32-23-30(56-2)17-18-33(32)45-36(37(31)58-43)27-11-10-12-27/h6,13,17-18,23,27-29,34-35H,3-5,7-12,14-16,19-22,24-26H2,1-2H3,(H,46,53)(H,47,50)(H,48,52)/b13-6-/t28-,34+,35+,43-,44-/m1/s1. The second-order valence-corrected chi connectivity index (χ2v) is 20.7. The van der Waals surface area contributed by atoms with Crippen molar-refractivity contribution in [2.24, 2.45) is 5.92 Å². The Labute approximate surface area is 346 Å². The molecule has 0 radical (unpaired) electrons. The summed E-state index contributed by atoms with van der Waals surface area (Å²) in [7, 11) is -2.36. The van der Waals surface area contributed by atoms with Gasteiger partial charge in [-0.2, -0.15) is 0 Å². The third-order valence-corrected chi connectivity index (χ3v) is 16.6. The second kappa shape index (κ2) is 15.3. The van der Waals surface area contributed by atoms with Gasteiger partial charge < -0.3 is 29.7 Å². The molecule has 15 heteroatoms. The van der Waals surface area contributed by atoms with Gasteiger partial charge in [-0.05, 0) is 115 Å². The zero-order valence-corrected chi connectivity index (χ0v) is 35.0. The van der Waals surface area contributed by atoms with Crippen molar-refractivity contribution < 1.29 is 41.8 Å². The number of rotatable bonds is 7. The molecule has 2 aromatic rings. The van der Waals surface area contributed by atoms with Crippen LogP contribution in [0.2, 0.25) is 0 Å². The van der Waals surface area contributed by atoms with E-state index < -0.39 is 67.7 Å². The van der Waals surface area contributed by atoms with E-state index in [1.54, 1.807) is 14.0 Å². The molecule has 318 valence electrons. The molecule has 0 bridgehead atoms. The monoisotopic (exact) mass is 831 g/mol. The van der Waals surface area contributed by atoms with E-state index in [1.807, 2.05) is 30.4 Å². The zero-order valence-electron chi connectivity index (χ0n) is 34.2. The smallest absolute Gasteiger partial charge is 0.408 e. The van der Waals surface area contributed by atoms with E-state index in [-0.39, 0.29) is 31.4 Å². The number of sulfonamides is 1. The molecular formula is C44H57N5O9S. The summed E-state index contributed by atoms with van der Waals surface area (Å²) >= 11 is 0. The number of nitrogens with zero attached hydrogens (tertiary/aromatic N) is 2. The number of hydrogen-bond acceptors (Lipinski definition) is 10. The minimum atomic E-state index is -3.99. The van der Waals surface area contributed by atoms with Crippen molar-refractivity contribution >= 4 is 44.7 Å². The first-order valence-electron chi connectivity index (χ1n) is 21.9. The molecule has 9 rings (SSSR count). The Morgan fingerprint density at radius 2 is 1.76 bits per heavy atom. The average Bonchev–Trinajstić information content (AvgIpc) is 3.99. The van der Waals surface area contributed by atoms with Gasteiger partial charge in [-0.25, -0.2) is 18.2 Å². The SMILES string of the molecule is COc1ccc2nc(C3CCC3)c3c(c2c1)CC[C@]1(C[C@H]2C(=O)N[C@]4(C(=O)NS(=O)(=O)C5(C)CC5)C[C@H]4/C=C\CCCCC[C@H](NC(=O)OC4CCCC4)C(=O)N2C1)O3. The molecule has 3 N–H and O–H groups in total. The number of benzene rings is 1. The van der Waals surface area contributed by atoms with E-state index in [2.05, 4.69) is 15.4 Å². The molecule has 0 unspecified atom stereocenters. The highest BCUT2D eigenvalue weighted by molar-refractivity contribution is 7.91. The van der Waals surface area contributed by atoms with Crippen LogP contribution in [-0.2, 0) is 35.6 Å². The molecule has 5 fully saturated rings. The molecule has 4 amide bonds. The Balaban J connectivity index is 1.06. The van der Waals surface area contributed by atoms with Crippen molar-refractivity contribution in [3.63, 3.8) is 0 Å². The van der Waals surface area contributed by atoms with Crippen molar-refractivity contribution in [1.82, 2.24) is 25.2 Å². The van der Waals surface area contributed by atoms with E-state index in [1.165, 1.54) is 4.90 Å². The van der Waals surface area contributed by atoms with E-state index in [4.69, 9.17) is 19.2 Å². The van der Waals surface area contributed by atoms with Crippen LogP contribution in [0.3, 0.4) is 0 Å². The maximum absolute atomic E-state index is 15.0. The number of carbonyl (C=O) groups excluding carboxylic acids is 4. The number of aryl methyl sites for hydroxylation is 1. The lowest BCUT2D eigenvalue weighted by Gasteiger charge is -2.39. The summed E-state index contributed by atoms with van der Waals surface area (Å²) in [6, 6.07) is 3.84. The second-order valence-electron chi connectivity index (χ2n) is 18.5. The number of carbonyl (C=O) groups is 4. The molecule has 5 atom stereocenters. The number of hydrogen-bond donors (Lipinski definition) is 3. The quantitative estimate of drug-likeness (QED) is 0.297. The van der Waals surface area contributed by atoms with Crippen LogP contribution in [0.25, 0.3) is 10.9 Å². The zero-order chi connectivity index (χ0) is 41.2. The molecule has 3 aliphatic heterocycles. The van der Waals surface area contributed by atoms with Gasteiger partial charge >= 0.3 is 6.09 Å². The molecule has 1 saturated heterocycles. The van der Waals surface area contributed by atoms with Crippen molar-refractivity contribution in [3.8, 4) is 11.5 Å². The molecule has 4 heterocycles. The highest BCUT2D eigenvalue weighted by Gasteiger charge is 2.64. The van der Waals surface area contributed by atoms with Crippen molar-refractivity contribution in [2.45, 2.75) is 162 Å². The summed E-state index contributed by atoms with van der Waals surface area (Å²) in [4.78, 5) is 63.9. The summed E-state index contributed by atoms with van der Waals surface area (Å²) < 4.78 is 46.4. The summed E-state index contributed by atoms with van der Waals surface area (Å²) in [5.41, 5.74) is 0.321. The van der Waals surface area contributed by atoms with Gasteiger partial charge in [-0.15, -0.1) is 0 Å². The molecule has 4 saturated carbocycles. The first-order chi connectivity index (χ1) is 28.3. The Hall–Kier alpha value is -4.40. The highest BCUT2D eigenvalue weighted by atomic mass is 32.2. The Morgan fingerprint density at radius 1 is 0.983 bits per heavy atom. The molecule has 1 aromatic heterocycles. The van der Waals surface area contributed by atoms with Gasteiger partial charge in [0.05, 0.1) is 29.6 Å². The fourth-order valence-corrected chi connectivity index (χ4v) is 11.3. The molecule has 1 spiro atoms. The van der Waals surface area contributed by atoms with E-state index in [0.29, 0.717) is 56.4 Å². The van der Waals surface area contributed by atoms with Gasteiger partial charge in [-0.3, -0.25) is 19.1 Å². The van der Waals surface area contributed by atoms with Crippen LogP contribution >= 0.6 is 0 Å². The Morgan fingerprint density at radius 3 is 2.49 bits per heavy atom. The lowest BCUT2D eigenvalue weighted by molar-refractivity contribution is -0.141. The van der Waals surface area contributed by atoms with E-state index >= 15 is 0 Å². The predicted molar refractivity (Wildman–Crippen MR) is 218 cm³/mol. The molecule has 1 aromatic carbocycles. The molecular weight excluding hydrogens is 775 g/mol. The largest absolute Gasteiger partial charge is 0.497 e. The Kier molecular flexibility index (Phi) is 10.3. The first-order valence-corrected chi connectivity index (χ1v) is 23.3. The van der Waals surface area contributed by atoms with Gasteiger partial charge in [0.1, 0.15) is 40.8 Å². The van der Waals surface area contributed by atoms with E-state index in [9.17, 15) is 27.6 Å². The third kappa shape index (κ3) is 7.54. The number of nitrogens with one attached hydrogen (secondary N) is 3. The lowest BCUT2D eigenvalue weighted by Crippen LogP contribution is -2.58. The molecule has 59 heavy (non-hydrogen) atoms. The summed E-state index contributed by atoms with van der Waals surface area (Å²) in [6.07, 6.45) is 15.4. The number of aromatic nitrogens is 1. The Bertz CT molecular complexity index is 2180. The first kappa shape index (κ1) is 40.0. The minimum absolute atomic E-state index is 0.0781. The van der Waals surface area contributed by atoms with Crippen LogP contribution < -0.4 is 24.8 Å². The molecule has 14 nitrogen and oxygen atoms in total. The summed E-state index contributed by atoms with van der Waals surface area (Å²) in [6.45, 7) is 1.69. The summed E-state index contributed by atoms with van der Waals surface area (Å²) in [5.74, 6) is -0.515. The van der Waals surface area contributed by atoms with Gasteiger partial charge in [-0.1, -0.05) is 31.4 Å². The number of methoxy groups -OCH3 is 1. The van der Waals surface area contributed by atoms with Crippen LogP contribution in [0.15, 0.2) is 30.4 Å². The fourth-order valence-electron chi connectivity index (χ4n) is 9.95. The molecule has 4 aliphatic carbocycles. The average molecular weight is 832 g/mol. The number of ether oxygens (including phenoxy) is 3. The minimum Gasteiger partial charge on any atom is -0.497 e. The molecule has 7 aliphatic rings.